The molecule has 0 unspecified atom stereocenters. The van der Waals surface area contributed by atoms with Crippen molar-refractivity contribution in [2.24, 2.45) is 0 Å². The number of piperidine rings is 1. The number of quaternary nitrogens is 1. The monoisotopic (exact) mass is 293 g/mol. The fourth-order valence-electron chi connectivity index (χ4n) is 2.81. The Hall–Kier alpha value is -1.62. The van der Waals surface area contributed by atoms with E-state index in [1.165, 1.54) is 63.9 Å². The zero-order valence-corrected chi connectivity index (χ0v) is 12.6. The van der Waals surface area contributed by atoms with E-state index in [4.69, 9.17) is 4.74 Å². The first-order valence-corrected chi connectivity index (χ1v) is 7.96. The molecule has 1 aliphatic heterocycles. The van der Waals surface area contributed by atoms with Gasteiger partial charge >= 0.3 is 0 Å². The molecule has 0 aromatic heterocycles. The molecule has 0 spiro atoms. The van der Waals surface area contributed by atoms with Gasteiger partial charge in [-0.15, -0.1) is 0 Å². The highest BCUT2D eigenvalue weighted by molar-refractivity contribution is 5.35. The number of benzene rings is 1. The number of likely N-dealkylation sites (tertiary alicyclic amines) is 1. The van der Waals surface area contributed by atoms with Gasteiger partial charge in [0.25, 0.3) is 5.69 Å². The number of unbranched alkanes of at least 4 members (excludes halogenated alkanes) is 2. The number of rotatable bonds is 8. The van der Waals surface area contributed by atoms with E-state index in [2.05, 4.69) is 0 Å². The molecular weight excluding hydrogens is 268 g/mol. The van der Waals surface area contributed by atoms with Crippen LogP contribution in [0.4, 0.5) is 5.69 Å². The van der Waals surface area contributed by atoms with Crippen molar-refractivity contribution in [1.82, 2.24) is 0 Å². The van der Waals surface area contributed by atoms with Gasteiger partial charge < -0.3 is 9.64 Å². The van der Waals surface area contributed by atoms with Crippen LogP contribution in [0, 0.1) is 10.1 Å². The summed E-state index contributed by atoms with van der Waals surface area (Å²) in [5.74, 6) is 0.710. The van der Waals surface area contributed by atoms with Crippen LogP contribution in [0.2, 0.25) is 0 Å². The molecule has 1 saturated heterocycles. The lowest BCUT2D eigenvalue weighted by molar-refractivity contribution is -0.905. The van der Waals surface area contributed by atoms with E-state index in [0.717, 1.165) is 6.42 Å². The molecule has 21 heavy (non-hydrogen) atoms. The van der Waals surface area contributed by atoms with Crippen LogP contribution in [0.3, 0.4) is 0 Å². The fraction of sp³-hybridized carbons (Fsp3) is 0.625. The second kappa shape index (κ2) is 8.62. The van der Waals surface area contributed by atoms with E-state index in [1.54, 1.807) is 17.0 Å². The van der Waals surface area contributed by atoms with Gasteiger partial charge in [0.2, 0.25) is 0 Å². The molecule has 1 fully saturated rings. The van der Waals surface area contributed by atoms with Gasteiger partial charge in [-0.2, -0.15) is 0 Å². The highest BCUT2D eigenvalue weighted by Gasteiger charge is 2.12. The van der Waals surface area contributed by atoms with E-state index in [0.29, 0.717) is 12.4 Å². The van der Waals surface area contributed by atoms with Gasteiger partial charge in [-0.1, -0.05) is 0 Å². The van der Waals surface area contributed by atoms with Crippen molar-refractivity contribution in [3.05, 3.63) is 34.4 Å². The molecule has 116 valence electrons. The molecule has 0 saturated carbocycles. The molecule has 1 aliphatic rings. The smallest absolute Gasteiger partial charge is 0.269 e. The number of nitro benzene ring substituents is 1. The van der Waals surface area contributed by atoms with Gasteiger partial charge in [0.15, 0.2) is 0 Å². The van der Waals surface area contributed by atoms with E-state index in [-0.39, 0.29) is 5.69 Å². The highest BCUT2D eigenvalue weighted by atomic mass is 16.6. The summed E-state index contributed by atoms with van der Waals surface area (Å²) in [7, 11) is 0. The van der Waals surface area contributed by atoms with Crippen molar-refractivity contribution in [1.29, 1.82) is 0 Å². The summed E-state index contributed by atoms with van der Waals surface area (Å²) < 4.78 is 5.60. The lowest BCUT2D eigenvalue weighted by Crippen LogP contribution is -3.12. The van der Waals surface area contributed by atoms with Crippen LogP contribution in [0.15, 0.2) is 24.3 Å². The first kappa shape index (κ1) is 15.8. The summed E-state index contributed by atoms with van der Waals surface area (Å²) >= 11 is 0. The third kappa shape index (κ3) is 5.71. The summed E-state index contributed by atoms with van der Waals surface area (Å²) in [5.41, 5.74) is 0.104. The number of hydrogen-bond acceptors (Lipinski definition) is 3. The third-order valence-corrected chi connectivity index (χ3v) is 4.05. The Morgan fingerprint density at radius 3 is 2.43 bits per heavy atom. The Labute approximate surface area is 126 Å². The lowest BCUT2D eigenvalue weighted by atomic mass is 10.1. The van der Waals surface area contributed by atoms with Gasteiger partial charge in [-0.05, 0) is 50.7 Å². The van der Waals surface area contributed by atoms with Crippen molar-refractivity contribution >= 4 is 5.69 Å². The average molecular weight is 293 g/mol. The van der Waals surface area contributed by atoms with Crippen molar-refractivity contribution in [3.63, 3.8) is 0 Å². The van der Waals surface area contributed by atoms with E-state index in [1.807, 2.05) is 0 Å². The van der Waals surface area contributed by atoms with Gasteiger partial charge in [-0.25, -0.2) is 0 Å². The van der Waals surface area contributed by atoms with Crippen LogP contribution in [-0.4, -0.2) is 31.2 Å². The zero-order valence-electron chi connectivity index (χ0n) is 12.6. The fourth-order valence-corrected chi connectivity index (χ4v) is 2.81. The minimum absolute atomic E-state index is 0.104. The Kier molecular flexibility index (Phi) is 6.47. The molecule has 5 heteroatoms. The van der Waals surface area contributed by atoms with Gasteiger partial charge in [0, 0.05) is 12.1 Å². The Morgan fingerprint density at radius 2 is 1.76 bits per heavy atom. The summed E-state index contributed by atoms with van der Waals surface area (Å²) in [5, 5.41) is 10.5. The predicted octanol–water partition coefficient (Wildman–Crippen LogP) is 2.21. The molecule has 0 bridgehead atoms. The van der Waals surface area contributed by atoms with Crippen molar-refractivity contribution < 1.29 is 14.6 Å². The summed E-state index contributed by atoms with van der Waals surface area (Å²) in [6, 6.07) is 6.29. The third-order valence-electron chi connectivity index (χ3n) is 4.05. The molecule has 1 heterocycles. The number of nitrogens with zero attached hydrogens (tertiary/aromatic N) is 1. The predicted molar refractivity (Wildman–Crippen MR) is 81.9 cm³/mol. The minimum Gasteiger partial charge on any atom is -0.494 e. The molecule has 0 radical (unpaired) electrons. The van der Waals surface area contributed by atoms with Gasteiger partial charge in [0.1, 0.15) is 5.75 Å². The van der Waals surface area contributed by atoms with Gasteiger partial charge in [0.05, 0.1) is 31.2 Å². The number of non-ortho nitro benzene ring substituents is 1. The summed E-state index contributed by atoms with van der Waals surface area (Å²) in [6.45, 7) is 4.67. The van der Waals surface area contributed by atoms with Gasteiger partial charge in [-0.3, -0.25) is 10.1 Å². The largest absolute Gasteiger partial charge is 0.494 e. The topological polar surface area (TPSA) is 56.8 Å². The molecular formula is C16H25N2O3+. The molecule has 0 atom stereocenters. The SMILES string of the molecule is O=[N+]([O-])c1ccc(OCCCCC[NH+]2CCCCC2)cc1. The number of nitro groups is 1. The van der Waals surface area contributed by atoms with E-state index < -0.39 is 4.92 Å². The van der Waals surface area contributed by atoms with E-state index >= 15 is 0 Å². The second-order valence-corrected chi connectivity index (χ2v) is 5.72. The quantitative estimate of drug-likeness (QED) is 0.454. The highest BCUT2D eigenvalue weighted by Crippen LogP contribution is 2.17. The van der Waals surface area contributed by atoms with Crippen LogP contribution < -0.4 is 9.64 Å². The molecule has 0 aliphatic carbocycles. The maximum atomic E-state index is 10.5. The molecule has 1 aromatic rings. The normalized spacial score (nSPS) is 15.8. The zero-order chi connectivity index (χ0) is 14.9. The molecule has 5 nitrogen and oxygen atoms in total. The van der Waals surface area contributed by atoms with Crippen LogP contribution in [-0.2, 0) is 0 Å². The Bertz CT molecular complexity index is 428. The summed E-state index contributed by atoms with van der Waals surface area (Å²) in [6.07, 6.45) is 7.68. The molecule has 1 N–H and O–H groups in total. The van der Waals surface area contributed by atoms with Crippen molar-refractivity contribution in [3.8, 4) is 5.75 Å². The summed E-state index contributed by atoms with van der Waals surface area (Å²) in [4.78, 5) is 11.9. The Morgan fingerprint density at radius 1 is 1.05 bits per heavy atom. The standard InChI is InChI=1S/C16H24N2O3/c19-18(20)15-7-9-16(10-8-15)21-14-6-2-5-13-17-11-3-1-4-12-17/h7-10H,1-6,11-14H2/p+1. The number of hydrogen-bond donors (Lipinski definition) is 1. The van der Waals surface area contributed by atoms with Crippen molar-refractivity contribution in [2.75, 3.05) is 26.2 Å². The van der Waals surface area contributed by atoms with E-state index in [9.17, 15) is 10.1 Å². The van der Waals surface area contributed by atoms with Crippen molar-refractivity contribution in [2.45, 2.75) is 38.5 Å². The lowest BCUT2D eigenvalue weighted by Gasteiger charge is -2.23. The molecule has 1 aromatic carbocycles. The van der Waals surface area contributed by atoms with Crippen LogP contribution in [0.1, 0.15) is 38.5 Å². The number of nitrogens with one attached hydrogen (secondary N) is 1. The maximum Gasteiger partial charge on any atom is 0.269 e. The average Bonchev–Trinajstić information content (AvgIpc) is 2.52. The molecule has 0 amide bonds. The van der Waals surface area contributed by atoms with Crippen LogP contribution in [0.5, 0.6) is 5.75 Å². The van der Waals surface area contributed by atoms with Crippen LogP contribution >= 0.6 is 0 Å². The number of ether oxygens (including phenoxy) is 1. The Balaban J connectivity index is 1.54. The van der Waals surface area contributed by atoms with Crippen LogP contribution in [0.25, 0.3) is 0 Å². The first-order chi connectivity index (χ1) is 10.3. The maximum absolute atomic E-state index is 10.5. The first-order valence-electron chi connectivity index (χ1n) is 7.96. The molecule has 2 rings (SSSR count). The second-order valence-electron chi connectivity index (χ2n) is 5.72. The minimum atomic E-state index is -0.396.